The van der Waals surface area contributed by atoms with Crippen molar-refractivity contribution in [1.29, 1.82) is 0 Å². The smallest absolute Gasteiger partial charge is 0.178 e. The summed E-state index contributed by atoms with van der Waals surface area (Å²) in [6.07, 6.45) is 5.14. The Hall–Kier alpha value is -2.16. The fraction of sp³-hybridized carbons (Fsp3) is 0.636. The fourth-order valence-corrected chi connectivity index (χ4v) is 4.64. The Morgan fingerprint density at radius 1 is 1.27 bits per heavy atom. The molecule has 1 spiro atoms. The Morgan fingerprint density at radius 3 is 2.70 bits per heavy atom. The Kier molecular flexibility index (Phi) is 4.76. The quantitative estimate of drug-likeness (QED) is 0.777. The van der Waals surface area contributed by atoms with Gasteiger partial charge in [0.1, 0.15) is 5.69 Å². The summed E-state index contributed by atoms with van der Waals surface area (Å²) in [7, 11) is 4.08. The normalized spacial score (nSPS) is 24.0. The summed E-state index contributed by atoms with van der Waals surface area (Å²) < 4.78 is 13.8. The molecular formula is C22H31N5O3. The van der Waals surface area contributed by atoms with E-state index in [9.17, 15) is 5.11 Å². The molecule has 8 nitrogen and oxygen atoms in total. The predicted molar refractivity (Wildman–Crippen MR) is 115 cm³/mol. The average Bonchev–Trinajstić information content (AvgIpc) is 3.32. The molecule has 0 radical (unpaired) electrons. The lowest BCUT2D eigenvalue weighted by Gasteiger charge is -2.48. The number of aliphatic hydroxyl groups is 1. The van der Waals surface area contributed by atoms with Crippen LogP contribution in [0.4, 0.5) is 11.4 Å². The highest BCUT2D eigenvalue weighted by Crippen LogP contribution is 2.41. The first-order valence-electron chi connectivity index (χ1n) is 10.8. The maximum Gasteiger partial charge on any atom is 0.178 e. The molecule has 3 fully saturated rings. The number of benzene rings is 1. The van der Waals surface area contributed by atoms with Gasteiger partial charge in [0.25, 0.3) is 0 Å². The lowest BCUT2D eigenvalue weighted by Crippen LogP contribution is -2.56. The van der Waals surface area contributed by atoms with Crippen LogP contribution < -0.4 is 9.80 Å². The van der Waals surface area contributed by atoms with Crippen LogP contribution in [0.25, 0.3) is 11.3 Å². The van der Waals surface area contributed by atoms with E-state index in [1.54, 1.807) is 0 Å². The van der Waals surface area contributed by atoms with Gasteiger partial charge in [-0.15, -0.1) is 5.10 Å². The third-order valence-electron chi connectivity index (χ3n) is 6.68. The second-order valence-corrected chi connectivity index (χ2v) is 9.64. The summed E-state index contributed by atoms with van der Waals surface area (Å²) in [5.41, 5.74) is 4.11. The summed E-state index contributed by atoms with van der Waals surface area (Å²) in [5, 5.41) is 18.3. The maximum absolute atomic E-state index is 9.53. The van der Waals surface area contributed by atoms with Crippen LogP contribution in [0.1, 0.15) is 26.2 Å². The molecular weight excluding hydrogens is 382 g/mol. The highest BCUT2D eigenvalue weighted by molar-refractivity contribution is 5.79. The molecule has 1 saturated carbocycles. The van der Waals surface area contributed by atoms with Crippen molar-refractivity contribution in [1.82, 2.24) is 15.0 Å². The highest BCUT2D eigenvalue weighted by Gasteiger charge is 2.46. The van der Waals surface area contributed by atoms with Gasteiger partial charge < -0.3 is 24.4 Å². The molecule has 2 aliphatic heterocycles. The number of hydrogen-bond donors (Lipinski definition) is 1. The van der Waals surface area contributed by atoms with Gasteiger partial charge in [-0.1, -0.05) is 12.1 Å². The lowest BCUT2D eigenvalue weighted by molar-refractivity contribution is -0.123. The number of rotatable bonds is 6. The minimum atomic E-state index is -0.247. The number of aromatic nitrogens is 3. The molecule has 1 aromatic carbocycles. The van der Waals surface area contributed by atoms with Gasteiger partial charge in [0.2, 0.25) is 0 Å². The van der Waals surface area contributed by atoms with Crippen molar-refractivity contribution < 1.29 is 14.6 Å². The third kappa shape index (κ3) is 3.46. The summed E-state index contributed by atoms with van der Waals surface area (Å²) in [6.45, 7) is 5.33. The van der Waals surface area contributed by atoms with Crippen LogP contribution in [0, 0.1) is 5.41 Å². The molecule has 8 heteroatoms. The molecule has 162 valence electrons. The van der Waals surface area contributed by atoms with Gasteiger partial charge in [-0.3, -0.25) is 0 Å². The summed E-state index contributed by atoms with van der Waals surface area (Å²) in [4.78, 5) is 4.40. The van der Waals surface area contributed by atoms with Crippen LogP contribution in [0.15, 0.2) is 24.4 Å². The minimum Gasteiger partial charge on any atom is -0.396 e. The minimum absolute atomic E-state index is 0.00207. The third-order valence-corrected chi connectivity index (χ3v) is 6.68. The van der Waals surface area contributed by atoms with Gasteiger partial charge >= 0.3 is 0 Å². The number of hydrogen-bond acceptors (Lipinski definition) is 7. The van der Waals surface area contributed by atoms with E-state index in [0.717, 1.165) is 42.9 Å². The zero-order chi connectivity index (χ0) is 20.9. The molecule has 1 aromatic heterocycles. The van der Waals surface area contributed by atoms with Crippen LogP contribution >= 0.6 is 0 Å². The zero-order valence-electron chi connectivity index (χ0n) is 18.0. The number of nitrogens with zero attached hydrogens (tertiary/aromatic N) is 5. The van der Waals surface area contributed by atoms with Crippen LogP contribution in [0.2, 0.25) is 0 Å². The average molecular weight is 414 g/mol. The highest BCUT2D eigenvalue weighted by atomic mass is 16.7. The van der Waals surface area contributed by atoms with Crippen molar-refractivity contribution >= 4 is 11.4 Å². The molecule has 3 aliphatic rings. The summed E-state index contributed by atoms with van der Waals surface area (Å²) in [5.74, 6) is 0. The molecule has 1 aliphatic carbocycles. The lowest BCUT2D eigenvalue weighted by atomic mass is 9.81. The largest absolute Gasteiger partial charge is 0.396 e. The van der Waals surface area contributed by atoms with E-state index in [2.05, 4.69) is 45.2 Å². The molecule has 1 atom stereocenters. The van der Waals surface area contributed by atoms with Gasteiger partial charge in [-0.2, -0.15) is 0 Å². The van der Waals surface area contributed by atoms with E-state index in [1.165, 1.54) is 12.1 Å². The molecule has 30 heavy (non-hydrogen) atoms. The van der Waals surface area contributed by atoms with Crippen molar-refractivity contribution in [2.24, 2.45) is 5.41 Å². The van der Waals surface area contributed by atoms with E-state index < -0.39 is 0 Å². The van der Waals surface area contributed by atoms with Crippen LogP contribution in [0.5, 0.6) is 0 Å². The fourth-order valence-electron chi connectivity index (χ4n) is 4.64. The molecule has 1 unspecified atom stereocenters. The van der Waals surface area contributed by atoms with Gasteiger partial charge in [-0.05, 0) is 37.5 Å². The molecule has 0 amide bonds. The zero-order valence-corrected chi connectivity index (χ0v) is 18.0. The van der Waals surface area contributed by atoms with Crippen LogP contribution in [-0.2, 0) is 16.0 Å². The van der Waals surface area contributed by atoms with Gasteiger partial charge in [0, 0.05) is 49.5 Å². The van der Waals surface area contributed by atoms with Gasteiger partial charge in [0.15, 0.2) is 6.29 Å². The SMILES string of the molecule is CN(C)c1cc(N2CC(C)(CO)C2)ccc1-c1cn(CC2OCC3(CCC3)O2)nn1. The topological polar surface area (TPSA) is 75.9 Å². The van der Waals surface area contributed by atoms with E-state index >= 15 is 0 Å². The van der Waals surface area contributed by atoms with E-state index in [4.69, 9.17) is 9.47 Å². The number of ether oxygens (including phenoxy) is 2. The van der Waals surface area contributed by atoms with Gasteiger partial charge in [-0.25, -0.2) is 4.68 Å². The first kappa shape index (κ1) is 19.8. The summed E-state index contributed by atoms with van der Waals surface area (Å²) in [6, 6.07) is 6.43. The standard InChI is InChI=1S/C22H31N5O3/c1-21(14-28)12-26(13-21)16-5-6-17(19(9-16)25(2)3)18-10-27(24-23-18)11-20-29-15-22(30-20)7-4-8-22/h5-6,9-10,20,28H,4,7-8,11-15H2,1-3H3. The Morgan fingerprint density at radius 2 is 2.07 bits per heavy atom. The summed E-state index contributed by atoms with van der Waals surface area (Å²) >= 11 is 0. The number of aliphatic hydroxyl groups excluding tert-OH is 1. The van der Waals surface area contributed by atoms with Crippen molar-refractivity contribution in [3.8, 4) is 11.3 Å². The van der Waals surface area contributed by atoms with E-state index in [1.807, 2.05) is 25.0 Å². The van der Waals surface area contributed by atoms with Gasteiger partial charge in [0.05, 0.1) is 31.6 Å². The molecule has 0 bridgehead atoms. The molecule has 1 N–H and O–H groups in total. The predicted octanol–water partition coefficient (Wildman–Crippen LogP) is 2.13. The Labute approximate surface area is 177 Å². The van der Waals surface area contributed by atoms with Crippen LogP contribution in [0.3, 0.4) is 0 Å². The van der Waals surface area contributed by atoms with E-state index in [0.29, 0.717) is 13.2 Å². The second kappa shape index (κ2) is 7.21. The molecule has 2 saturated heterocycles. The Bertz CT molecular complexity index is 917. The van der Waals surface area contributed by atoms with E-state index in [-0.39, 0.29) is 23.9 Å². The van der Waals surface area contributed by atoms with Crippen molar-refractivity contribution in [3.05, 3.63) is 24.4 Å². The van der Waals surface area contributed by atoms with Crippen molar-refractivity contribution in [2.75, 3.05) is 50.2 Å². The molecule has 2 aromatic rings. The number of anilines is 2. The first-order valence-corrected chi connectivity index (χ1v) is 10.8. The maximum atomic E-state index is 9.53. The Balaban J connectivity index is 1.31. The monoisotopic (exact) mass is 413 g/mol. The first-order chi connectivity index (χ1) is 14.4. The van der Waals surface area contributed by atoms with Crippen molar-refractivity contribution in [3.63, 3.8) is 0 Å². The molecule has 5 rings (SSSR count). The van der Waals surface area contributed by atoms with Crippen molar-refractivity contribution in [2.45, 2.75) is 44.6 Å². The molecule has 3 heterocycles. The van der Waals surface area contributed by atoms with Crippen LogP contribution in [-0.4, -0.2) is 72.4 Å². The second-order valence-electron chi connectivity index (χ2n) is 9.64.